The molecule has 2 amide bonds. The average Bonchev–Trinajstić information content (AvgIpc) is 2.52. The van der Waals surface area contributed by atoms with Crippen molar-refractivity contribution in [2.45, 2.75) is 42.7 Å². The molecule has 3 rings (SSSR count). The molecule has 0 spiro atoms. The van der Waals surface area contributed by atoms with Crippen molar-refractivity contribution in [3.63, 3.8) is 0 Å². The maximum atomic E-state index is 12.3. The molecule has 126 valence electrons. The van der Waals surface area contributed by atoms with Crippen LogP contribution in [0.4, 0.5) is 5.69 Å². The highest BCUT2D eigenvalue weighted by molar-refractivity contribution is 8.00. The minimum atomic E-state index is -0.0875. The predicted molar refractivity (Wildman–Crippen MR) is 95.1 cm³/mol. The van der Waals surface area contributed by atoms with Crippen molar-refractivity contribution in [3.8, 4) is 0 Å². The van der Waals surface area contributed by atoms with E-state index in [0.717, 1.165) is 36.3 Å². The number of para-hydroxylation sites is 1. The van der Waals surface area contributed by atoms with Crippen molar-refractivity contribution < 1.29 is 9.59 Å². The lowest BCUT2D eigenvalue weighted by Crippen LogP contribution is -2.47. The number of nitrogens with zero attached hydrogens (tertiary/aromatic N) is 1. The van der Waals surface area contributed by atoms with Gasteiger partial charge in [0, 0.05) is 17.0 Å². The Bertz CT molecular complexity index is 576. The fourth-order valence-corrected chi connectivity index (χ4v) is 3.94. The topological polar surface area (TPSA) is 75.4 Å². The zero-order valence-corrected chi connectivity index (χ0v) is 14.5. The Labute approximate surface area is 146 Å². The molecule has 1 saturated carbocycles. The van der Waals surface area contributed by atoms with Crippen LogP contribution in [0.3, 0.4) is 0 Å². The predicted octanol–water partition coefficient (Wildman–Crippen LogP) is 1.93. The maximum Gasteiger partial charge on any atom is 0.240 e. The molecule has 0 atom stereocenters. The van der Waals surface area contributed by atoms with Gasteiger partial charge in [-0.2, -0.15) is 0 Å². The first-order chi connectivity index (χ1) is 10.6. The molecule has 0 saturated heterocycles. The Kier molecular flexibility index (Phi) is 6.33. The summed E-state index contributed by atoms with van der Waals surface area (Å²) in [6, 6.07) is 8.18. The molecule has 1 fully saturated rings. The van der Waals surface area contributed by atoms with E-state index in [1.54, 1.807) is 4.90 Å². The highest BCUT2D eigenvalue weighted by Crippen LogP contribution is 2.34. The Balaban J connectivity index is 0.00000192. The Morgan fingerprint density at radius 1 is 1.26 bits per heavy atom. The third-order valence-corrected chi connectivity index (χ3v) is 5.29. The Hall–Kier alpha value is -1.24. The standard InChI is InChI=1S/C16H21N3O2S.ClH/c17-11-5-7-12(8-6-11)18-15(20)9-19-13-3-1-2-4-14(13)22-10-16(19)21;/h1-4,11-12H,5-10,17H2,(H,18,20);1H. The second kappa shape index (κ2) is 8.04. The van der Waals surface area contributed by atoms with E-state index >= 15 is 0 Å². The van der Waals surface area contributed by atoms with E-state index < -0.39 is 0 Å². The van der Waals surface area contributed by atoms with Crippen molar-refractivity contribution in [2.75, 3.05) is 17.2 Å². The molecule has 1 heterocycles. The van der Waals surface area contributed by atoms with E-state index in [1.165, 1.54) is 11.8 Å². The maximum absolute atomic E-state index is 12.3. The van der Waals surface area contributed by atoms with Gasteiger partial charge in [0.15, 0.2) is 0 Å². The van der Waals surface area contributed by atoms with Crippen LogP contribution in [0.1, 0.15) is 25.7 Å². The second-order valence-corrected chi connectivity index (χ2v) is 6.93. The van der Waals surface area contributed by atoms with Crippen molar-refractivity contribution >= 4 is 41.7 Å². The lowest BCUT2D eigenvalue weighted by atomic mass is 9.92. The molecular weight excluding hydrogens is 334 g/mol. The van der Waals surface area contributed by atoms with Crippen LogP contribution in [0.2, 0.25) is 0 Å². The Morgan fingerprint density at radius 2 is 1.96 bits per heavy atom. The molecule has 1 aliphatic heterocycles. The minimum absolute atomic E-state index is 0. The summed E-state index contributed by atoms with van der Waals surface area (Å²) < 4.78 is 0. The van der Waals surface area contributed by atoms with E-state index in [9.17, 15) is 9.59 Å². The average molecular weight is 356 g/mol. The second-order valence-electron chi connectivity index (χ2n) is 5.92. The summed E-state index contributed by atoms with van der Waals surface area (Å²) in [4.78, 5) is 27.1. The number of thioether (sulfide) groups is 1. The van der Waals surface area contributed by atoms with E-state index in [1.807, 2.05) is 24.3 Å². The van der Waals surface area contributed by atoms with Gasteiger partial charge in [-0.25, -0.2) is 0 Å². The van der Waals surface area contributed by atoms with Crippen molar-refractivity contribution in [1.29, 1.82) is 0 Å². The number of nitrogens with one attached hydrogen (secondary N) is 1. The number of benzene rings is 1. The SMILES string of the molecule is Cl.NC1CCC(NC(=O)CN2C(=O)CSc3ccccc32)CC1. The number of halogens is 1. The summed E-state index contributed by atoms with van der Waals surface area (Å²) >= 11 is 1.53. The lowest BCUT2D eigenvalue weighted by Gasteiger charge is -2.30. The van der Waals surface area contributed by atoms with Gasteiger partial charge in [0.05, 0.1) is 11.4 Å². The quantitative estimate of drug-likeness (QED) is 0.868. The molecule has 0 aromatic heterocycles. The van der Waals surface area contributed by atoms with Crippen LogP contribution in [-0.2, 0) is 9.59 Å². The smallest absolute Gasteiger partial charge is 0.240 e. The van der Waals surface area contributed by atoms with Crippen molar-refractivity contribution in [3.05, 3.63) is 24.3 Å². The molecule has 1 aliphatic carbocycles. The summed E-state index contributed by atoms with van der Waals surface area (Å²) in [5, 5.41) is 3.04. The third kappa shape index (κ3) is 4.40. The first-order valence-corrected chi connectivity index (χ1v) is 8.69. The summed E-state index contributed by atoms with van der Waals surface area (Å²) in [5.74, 6) is 0.294. The molecule has 7 heteroatoms. The number of hydrogen-bond acceptors (Lipinski definition) is 4. The van der Waals surface area contributed by atoms with Crippen LogP contribution < -0.4 is 16.0 Å². The first kappa shape index (κ1) is 18.1. The van der Waals surface area contributed by atoms with Crippen LogP contribution in [0.15, 0.2) is 29.2 Å². The van der Waals surface area contributed by atoms with E-state index in [4.69, 9.17) is 5.73 Å². The van der Waals surface area contributed by atoms with Gasteiger partial charge in [-0.15, -0.1) is 24.2 Å². The number of rotatable bonds is 3. The number of amides is 2. The van der Waals surface area contributed by atoms with Gasteiger partial charge < -0.3 is 16.0 Å². The van der Waals surface area contributed by atoms with Crippen LogP contribution in [0.25, 0.3) is 0 Å². The van der Waals surface area contributed by atoms with Crippen molar-refractivity contribution in [1.82, 2.24) is 5.32 Å². The normalized spacial score (nSPS) is 23.7. The summed E-state index contributed by atoms with van der Waals surface area (Å²) in [6.45, 7) is 0.0962. The molecule has 0 unspecified atom stereocenters. The van der Waals surface area contributed by atoms with Gasteiger partial charge in [0.1, 0.15) is 6.54 Å². The largest absolute Gasteiger partial charge is 0.352 e. The summed E-state index contributed by atoms with van der Waals surface area (Å²) in [6.07, 6.45) is 3.75. The summed E-state index contributed by atoms with van der Waals surface area (Å²) in [5.41, 5.74) is 6.72. The molecule has 1 aromatic rings. The minimum Gasteiger partial charge on any atom is -0.352 e. The number of nitrogens with two attached hydrogens (primary N) is 1. The van der Waals surface area contributed by atoms with Gasteiger partial charge in [-0.1, -0.05) is 12.1 Å². The number of carbonyl (C=O) groups is 2. The van der Waals surface area contributed by atoms with E-state index in [2.05, 4.69) is 5.32 Å². The van der Waals surface area contributed by atoms with Gasteiger partial charge in [0.25, 0.3) is 0 Å². The zero-order valence-electron chi connectivity index (χ0n) is 12.9. The third-order valence-electron chi connectivity index (χ3n) is 4.25. The zero-order chi connectivity index (χ0) is 15.5. The van der Waals surface area contributed by atoms with Crippen LogP contribution in [0.5, 0.6) is 0 Å². The lowest BCUT2D eigenvalue weighted by molar-refractivity contribution is -0.123. The summed E-state index contributed by atoms with van der Waals surface area (Å²) in [7, 11) is 0. The number of carbonyl (C=O) groups excluding carboxylic acids is 2. The molecule has 5 nitrogen and oxygen atoms in total. The monoisotopic (exact) mass is 355 g/mol. The molecule has 23 heavy (non-hydrogen) atoms. The van der Waals surface area contributed by atoms with Gasteiger partial charge >= 0.3 is 0 Å². The highest BCUT2D eigenvalue weighted by atomic mass is 35.5. The molecule has 1 aromatic carbocycles. The van der Waals surface area contributed by atoms with E-state index in [-0.39, 0.29) is 42.8 Å². The highest BCUT2D eigenvalue weighted by Gasteiger charge is 2.27. The fourth-order valence-electron chi connectivity index (χ4n) is 3.01. The van der Waals surface area contributed by atoms with Gasteiger partial charge in [-0.3, -0.25) is 9.59 Å². The number of anilines is 1. The molecule has 2 aliphatic rings. The van der Waals surface area contributed by atoms with Crippen molar-refractivity contribution in [2.24, 2.45) is 5.73 Å². The van der Waals surface area contributed by atoms with Gasteiger partial charge in [-0.05, 0) is 37.8 Å². The van der Waals surface area contributed by atoms with Gasteiger partial charge in [0.2, 0.25) is 11.8 Å². The number of fused-ring (bicyclic) bond motifs is 1. The molecule has 0 bridgehead atoms. The first-order valence-electron chi connectivity index (χ1n) is 7.70. The van der Waals surface area contributed by atoms with E-state index in [0.29, 0.717) is 5.75 Å². The van der Waals surface area contributed by atoms with Crippen LogP contribution in [-0.4, -0.2) is 36.2 Å². The van der Waals surface area contributed by atoms with Crippen LogP contribution >= 0.6 is 24.2 Å². The molecule has 3 N–H and O–H groups in total. The van der Waals surface area contributed by atoms with Crippen LogP contribution in [0, 0.1) is 0 Å². The fraction of sp³-hybridized carbons (Fsp3) is 0.500. The Morgan fingerprint density at radius 3 is 2.70 bits per heavy atom. The number of hydrogen-bond donors (Lipinski definition) is 2. The molecule has 0 radical (unpaired) electrons. The molecular formula is C16H22ClN3O2S.